The van der Waals surface area contributed by atoms with Crippen LogP contribution in [-0.2, 0) is 14.8 Å². The monoisotopic (exact) mass is 472 g/mol. The Kier molecular flexibility index (Phi) is 6.33. The van der Waals surface area contributed by atoms with Crippen molar-refractivity contribution >= 4 is 39.3 Å². The molecule has 166 valence electrons. The average molecular weight is 473 g/mol. The fourth-order valence-electron chi connectivity index (χ4n) is 3.16. The summed E-state index contributed by atoms with van der Waals surface area (Å²) in [5.41, 5.74) is 2.03. The van der Waals surface area contributed by atoms with Crippen LogP contribution < -0.4 is 10.0 Å². The summed E-state index contributed by atoms with van der Waals surface area (Å²) in [6.45, 7) is 1.83. The van der Waals surface area contributed by atoms with Crippen LogP contribution in [0.2, 0.25) is 5.02 Å². The van der Waals surface area contributed by atoms with Crippen LogP contribution >= 0.6 is 11.6 Å². The summed E-state index contributed by atoms with van der Waals surface area (Å²) < 4.78 is 26.7. The van der Waals surface area contributed by atoms with Crippen molar-refractivity contribution < 1.29 is 13.2 Å². The van der Waals surface area contributed by atoms with Crippen LogP contribution in [0, 0.1) is 0 Å². The lowest BCUT2D eigenvalue weighted by Crippen LogP contribution is -2.24. The van der Waals surface area contributed by atoms with Crippen molar-refractivity contribution in [2.75, 3.05) is 10.0 Å². The van der Waals surface area contributed by atoms with Gasteiger partial charge in [-0.1, -0.05) is 24.6 Å². The summed E-state index contributed by atoms with van der Waals surface area (Å²) in [7, 11) is -3.50. The Balaban J connectivity index is 1.50. The molecule has 0 saturated heterocycles. The number of amides is 1. The number of carbonyl (C=O) groups excluding carboxylic acids is 1. The van der Waals surface area contributed by atoms with Crippen molar-refractivity contribution in [2.24, 2.45) is 0 Å². The quantitative estimate of drug-likeness (QED) is 0.512. The molecule has 1 saturated carbocycles. The normalized spacial score (nSPS) is 14.6. The lowest BCUT2D eigenvalue weighted by molar-refractivity contribution is -0.117. The van der Waals surface area contributed by atoms with Crippen molar-refractivity contribution in [1.82, 2.24) is 19.9 Å². The standard InChI is InChI=1S/C21H21ClN6O3S/c1-2-16(18-7-9-24-21(26-18)28-32(30,31)15-5-6-15)20(29)27-19-17(22)10-14(12-25-19)13-4-3-8-23-11-13/h3-4,7-12,15-16H,2,5-6H2,1H3,(H,24,26,28)(H,25,27,29). The van der Waals surface area contributed by atoms with Gasteiger partial charge in [-0.15, -0.1) is 0 Å². The van der Waals surface area contributed by atoms with E-state index in [4.69, 9.17) is 11.6 Å². The van der Waals surface area contributed by atoms with Gasteiger partial charge in [0.15, 0.2) is 5.82 Å². The summed E-state index contributed by atoms with van der Waals surface area (Å²) in [5, 5.41) is 2.62. The van der Waals surface area contributed by atoms with Gasteiger partial charge in [0.2, 0.25) is 21.9 Å². The highest BCUT2D eigenvalue weighted by molar-refractivity contribution is 7.93. The third-order valence-corrected chi connectivity index (χ3v) is 7.14. The Morgan fingerprint density at radius 3 is 2.66 bits per heavy atom. The minimum absolute atomic E-state index is 0.0439. The minimum atomic E-state index is -3.50. The van der Waals surface area contributed by atoms with E-state index >= 15 is 0 Å². The van der Waals surface area contributed by atoms with E-state index < -0.39 is 21.2 Å². The third kappa shape index (κ3) is 5.03. The first-order valence-corrected chi connectivity index (χ1v) is 12.0. The number of carbonyl (C=O) groups is 1. The van der Waals surface area contributed by atoms with Crippen molar-refractivity contribution in [2.45, 2.75) is 37.4 Å². The average Bonchev–Trinajstić information content (AvgIpc) is 3.63. The van der Waals surface area contributed by atoms with E-state index in [1.807, 2.05) is 19.1 Å². The zero-order chi connectivity index (χ0) is 22.7. The molecule has 2 N–H and O–H groups in total. The second kappa shape index (κ2) is 9.17. The van der Waals surface area contributed by atoms with Crippen molar-refractivity contribution in [1.29, 1.82) is 0 Å². The first-order valence-electron chi connectivity index (χ1n) is 10.1. The van der Waals surface area contributed by atoms with Gasteiger partial charge < -0.3 is 5.32 Å². The summed E-state index contributed by atoms with van der Waals surface area (Å²) in [6, 6.07) is 6.99. The molecule has 9 nitrogen and oxygen atoms in total. The molecule has 1 aliphatic rings. The number of aromatic nitrogens is 4. The van der Waals surface area contributed by atoms with Gasteiger partial charge in [0.1, 0.15) is 0 Å². The second-order valence-corrected chi connectivity index (χ2v) is 9.77. The van der Waals surface area contributed by atoms with Crippen LogP contribution in [0.4, 0.5) is 11.8 Å². The molecule has 3 heterocycles. The van der Waals surface area contributed by atoms with Gasteiger partial charge in [0, 0.05) is 35.9 Å². The zero-order valence-electron chi connectivity index (χ0n) is 17.2. The van der Waals surface area contributed by atoms with E-state index in [2.05, 4.69) is 30.0 Å². The Morgan fingerprint density at radius 2 is 2.00 bits per heavy atom. The molecule has 32 heavy (non-hydrogen) atoms. The van der Waals surface area contributed by atoms with Crippen LogP contribution in [0.5, 0.6) is 0 Å². The molecule has 0 bridgehead atoms. The number of halogens is 1. The second-order valence-electron chi connectivity index (χ2n) is 7.40. The Labute approximate surface area is 190 Å². The molecule has 0 aliphatic heterocycles. The van der Waals surface area contributed by atoms with Crippen LogP contribution in [0.3, 0.4) is 0 Å². The zero-order valence-corrected chi connectivity index (χ0v) is 18.8. The van der Waals surface area contributed by atoms with E-state index in [1.54, 1.807) is 30.7 Å². The van der Waals surface area contributed by atoms with Crippen LogP contribution in [-0.4, -0.2) is 39.5 Å². The number of hydrogen-bond acceptors (Lipinski definition) is 7. The fraction of sp³-hybridized carbons (Fsp3) is 0.286. The van der Waals surface area contributed by atoms with E-state index in [-0.39, 0.29) is 22.7 Å². The Hall–Kier alpha value is -3.11. The first kappa shape index (κ1) is 22.1. The molecule has 11 heteroatoms. The van der Waals surface area contributed by atoms with Crippen LogP contribution in [0.15, 0.2) is 49.1 Å². The maximum atomic E-state index is 12.9. The fourth-order valence-corrected chi connectivity index (χ4v) is 4.65. The molecule has 1 amide bonds. The molecule has 0 aromatic carbocycles. The van der Waals surface area contributed by atoms with Crippen molar-refractivity contribution in [3.05, 3.63) is 59.8 Å². The molecular weight excluding hydrogens is 452 g/mol. The Morgan fingerprint density at radius 1 is 1.19 bits per heavy atom. The molecule has 4 rings (SSSR count). The summed E-state index contributed by atoms with van der Waals surface area (Å²) in [6.07, 6.45) is 8.09. The smallest absolute Gasteiger partial charge is 0.237 e. The molecule has 1 atom stereocenters. The van der Waals surface area contributed by atoms with Gasteiger partial charge >= 0.3 is 0 Å². The highest BCUT2D eigenvalue weighted by atomic mass is 35.5. The number of pyridine rings is 2. The largest absolute Gasteiger partial charge is 0.309 e. The topological polar surface area (TPSA) is 127 Å². The highest BCUT2D eigenvalue weighted by Crippen LogP contribution is 2.30. The summed E-state index contributed by atoms with van der Waals surface area (Å²) >= 11 is 6.35. The van der Waals surface area contributed by atoms with Crippen LogP contribution in [0.1, 0.15) is 37.8 Å². The third-order valence-electron chi connectivity index (χ3n) is 5.03. The molecule has 1 fully saturated rings. The van der Waals surface area contributed by atoms with E-state index in [1.165, 1.54) is 6.20 Å². The van der Waals surface area contributed by atoms with Gasteiger partial charge in [-0.3, -0.25) is 14.5 Å². The van der Waals surface area contributed by atoms with Gasteiger partial charge in [-0.25, -0.2) is 23.4 Å². The van der Waals surface area contributed by atoms with Gasteiger partial charge in [-0.05, 0) is 37.5 Å². The maximum Gasteiger partial charge on any atom is 0.237 e. The Bertz CT molecular complexity index is 1240. The minimum Gasteiger partial charge on any atom is -0.309 e. The van der Waals surface area contributed by atoms with Crippen molar-refractivity contribution in [3.63, 3.8) is 0 Å². The highest BCUT2D eigenvalue weighted by Gasteiger charge is 2.36. The number of hydrogen-bond donors (Lipinski definition) is 2. The van der Waals surface area contributed by atoms with Gasteiger partial charge in [0.25, 0.3) is 0 Å². The van der Waals surface area contributed by atoms with E-state index in [0.717, 1.165) is 11.1 Å². The van der Waals surface area contributed by atoms with Gasteiger partial charge in [0.05, 0.1) is 21.9 Å². The summed E-state index contributed by atoms with van der Waals surface area (Å²) in [4.78, 5) is 29.5. The van der Waals surface area contributed by atoms with Crippen molar-refractivity contribution in [3.8, 4) is 11.1 Å². The molecule has 1 unspecified atom stereocenters. The molecule has 3 aromatic rings. The van der Waals surface area contributed by atoms with E-state index in [0.29, 0.717) is 25.0 Å². The maximum absolute atomic E-state index is 12.9. The number of nitrogens with one attached hydrogen (secondary N) is 2. The lowest BCUT2D eigenvalue weighted by Gasteiger charge is -2.16. The number of rotatable bonds is 8. The molecule has 1 aliphatic carbocycles. The number of sulfonamides is 1. The SMILES string of the molecule is CCC(C(=O)Nc1ncc(-c2cccnc2)cc1Cl)c1ccnc(NS(=O)(=O)C2CC2)n1. The molecular formula is C21H21ClN6O3S. The van der Waals surface area contributed by atoms with E-state index in [9.17, 15) is 13.2 Å². The number of nitrogens with zero attached hydrogens (tertiary/aromatic N) is 4. The predicted molar refractivity (Wildman–Crippen MR) is 122 cm³/mol. The van der Waals surface area contributed by atoms with Gasteiger partial charge in [-0.2, -0.15) is 0 Å². The van der Waals surface area contributed by atoms with Crippen LogP contribution in [0.25, 0.3) is 11.1 Å². The molecule has 3 aromatic heterocycles. The summed E-state index contributed by atoms with van der Waals surface area (Å²) in [5.74, 6) is -0.812. The lowest BCUT2D eigenvalue weighted by atomic mass is 10.0. The predicted octanol–water partition coefficient (Wildman–Crippen LogP) is 3.62. The number of anilines is 2. The molecule has 0 radical (unpaired) electrons. The first-order chi connectivity index (χ1) is 15.4. The molecule has 0 spiro atoms.